The van der Waals surface area contributed by atoms with Crippen molar-refractivity contribution in [3.05, 3.63) is 67.8 Å². The molecule has 0 bridgehead atoms. The van der Waals surface area contributed by atoms with Gasteiger partial charge in [-0.3, -0.25) is 9.59 Å². The maximum atomic E-state index is 12.5. The van der Waals surface area contributed by atoms with Crippen LogP contribution in [0.25, 0.3) is 16.3 Å². The normalized spacial score (nSPS) is 11.3. The molecule has 0 saturated carbocycles. The van der Waals surface area contributed by atoms with Crippen molar-refractivity contribution in [2.45, 2.75) is 6.92 Å². The van der Waals surface area contributed by atoms with Gasteiger partial charge in [-0.05, 0) is 36.3 Å². The molecule has 122 valence electrons. The van der Waals surface area contributed by atoms with Gasteiger partial charge in [0.25, 0.3) is 5.56 Å². The molecule has 3 aromatic rings. The largest absolute Gasteiger partial charge is 0.497 e. The number of pyridine rings is 1. The molecule has 1 aromatic carbocycles. The Morgan fingerprint density at radius 1 is 1.29 bits per heavy atom. The molecule has 2 heterocycles. The quantitative estimate of drug-likeness (QED) is 0.552. The third-order valence-corrected chi connectivity index (χ3v) is 5.06. The van der Waals surface area contributed by atoms with Crippen molar-refractivity contribution >= 4 is 45.0 Å². The van der Waals surface area contributed by atoms with Crippen LogP contribution in [-0.2, 0) is 0 Å². The summed E-state index contributed by atoms with van der Waals surface area (Å²) >= 11 is 7.50. The van der Waals surface area contributed by atoms with Crippen molar-refractivity contribution in [2.24, 2.45) is 0 Å². The first-order valence-electron chi connectivity index (χ1n) is 7.17. The third kappa shape index (κ3) is 3.00. The van der Waals surface area contributed by atoms with Crippen LogP contribution in [-0.4, -0.2) is 17.9 Å². The van der Waals surface area contributed by atoms with Crippen LogP contribution in [0.1, 0.15) is 21.5 Å². The van der Waals surface area contributed by atoms with Crippen molar-refractivity contribution in [2.75, 3.05) is 7.11 Å². The van der Waals surface area contributed by atoms with Crippen molar-refractivity contribution < 1.29 is 9.53 Å². The molecule has 0 amide bonds. The number of thiophene rings is 1. The second kappa shape index (κ2) is 6.63. The smallest absolute Gasteiger partial charge is 0.260 e. The number of carbonyl (C=O) groups excluding carboxylic acids is 1. The third-order valence-electron chi connectivity index (χ3n) is 3.74. The van der Waals surface area contributed by atoms with E-state index in [1.807, 2.05) is 12.1 Å². The van der Waals surface area contributed by atoms with Crippen LogP contribution in [0.2, 0.25) is 5.02 Å². The van der Waals surface area contributed by atoms with E-state index in [1.54, 1.807) is 37.6 Å². The minimum Gasteiger partial charge on any atom is -0.497 e. The summed E-state index contributed by atoms with van der Waals surface area (Å²) in [4.78, 5) is 28.1. The van der Waals surface area contributed by atoms with Crippen molar-refractivity contribution in [3.8, 4) is 5.75 Å². The number of hydrogen-bond donors (Lipinski definition) is 1. The molecule has 0 radical (unpaired) electrons. The Hall–Kier alpha value is -2.37. The summed E-state index contributed by atoms with van der Waals surface area (Å²) in [5.74, 6) is 0.386. The molecule has 4 nitrogen and oxygen atoms in total. The van der Waals surface area contributed by atoms with E-state index < -0.39 is 5.56 Å². The number of rotatable bonds is 4. The standard InChI is InChI=1S/C18H14ClNO3S/c1-10-15-13(19)9-24-18(15)20-17(22)16(10)14(21)8-5-11-3-6-12(23-2)7-4-11/h3-9H,1-2H3,(H,20,22). The lowest BCUT2D eigenvalue weighted by Crippen LogP contribution is -2.18. The van der Waals surface area contributed by atoms with Gasteiger partial charge in [-0.15, -0.1) is 11.3 Å². The predicted octanol–water partition coefficient (Wildman–Crippen LogP) is 4.46. The lowest BCUT2D eigenvalue weighted by molar-refractivity contribution is 0.104. The van der Waals surface area contributed by atoms with E-state index in [4.69, 9.17) is 16.3 Å². The summed E-state index contributed by atoms with van der Waals surface area (Å²) in [6, 6.07) is 7.27. The van der Waals surface area contributed by atoms with E-state index in [2.05, 4.69) is 4.98 Å². The summed E-state index contributed by atoms with van der Waals surface area (Å²) in [5, 5.41) is 3.01. The number of fused-ring (bicyclic) bond motifs is 1. The Morgan fingerprint density at radius 3 is 2.67 bits per heavy atom. The first-order chi connectivity index (χ1) is 11.5. The summed E-state index contributed by atoms with van der Waals surface area (Å²) in [5.41, 5.74) is 1.16. The Kier molecular flexibility index (Phi) is 4.55. The highest BCUT2D eigenvalue weighted by Gasteiger charge is 2.17. The van der Waals surface area contributed by atoms with E-state index >= 15 is 0 Å². The summed E-state index contributed by atoms with van der Waals surface area (Å²) < 4.78 is 5.09. The Morgan fingerprint density at radius 2 is 2.00 bits per heavy atom. The lowest BCUT2D eigenvalue weighted by Gasteiger charge is -2.03. The summed E-state index contributed by atoms with van der Waals surface area (Å²) in [7, 11) is 1.59. The molecular formula is C18H14ClNO3S. The highest BCUT2D eigenvalue weighted by Crippen LogP contribution is 2.31. The van der Waals surface area contributed by atoms with E-state index in [9.17, 15) is 9.59 Å². The number of hydrogen-bond acceptors (Lipinski definition) is 4. The molecule has 0 aliphatic carbocycles. The molecule has 0 unspecified atom stereocenters. The van der Waals surface area contributed by atoms with Crippen LogP contribution in [0, 0.1) is 6.92 Å². The van der Waals surface area contributed by atoms with Gasteiger partial charge in [-0.25, -0.2) is 0 Å². The van der Waals surface area contributed by atoms with Crippen molar-refractivity contribution in [1.82, 2.24) is 4.98 Å². The number of methoxy groups -OCH3 is 1. The Labute approximate surface area is 147 Å². The first kappa shape index (κ1) is 16.5. The molecule has 0 aliphatic heterocycles. The van der Waals surface area contributed by atoms with Gasteiger partial charge in [0.15, 0.2) is 5.78 Å². The van der Waals surface area contributed by atoms with E-state index in [-0.39, 0.29) is 11.3 Å². The molecule has 0 spiro atoms. The number of H-pyrrole nitrogens is 1. The molecule has 2 aromatic heterocycles. The van der Waals surface area contributed by atoms with Crippen LogP contribution < -0.4 is 10.3 Å². The fourth-order valence-electron chi connectivity index (χ4n) is 2.51. The van der Waals surface area contributed by atoms with E-state index in [0.717, 1.165) is 16.7 Å². The maximum Gasteiger partial charge on any atom is 0.260 e. The number of benzene rings is 1. The van der Waals surface area contributed by atoms with Crippen LogP contribution in [0.5, 0.6) is 5.75 Å². The van der Waals surface area contributed by atoms with Crippen LogP contribution in [0.3, 0.4) is 0 Å². The minimum absolute atomic E-state index is 0.118. The van der Waals surface area contributed by atoms with Gasteiger partial charge in [-0.2, -0.15) is 0 Å². The molecule has 1 N–H and O–H groups in total. The van der Waals surface area contributed by atoms with Gasteiger partial charge < -0.3 is 9.72 Å². The van der Waals surface area contributed by atoms with Gasteiger partial charge in [0.05, 0.1) is 17.7 Å². The molecule has 0 aliphatic rings. The highest BCUT2D eigenvalue weighted by atomic mass is 35.5. The number of aromatic amines is 1. The Balaban J connectivity index is 1.97. The lowest BCUT2D eigenvalue weighted by atomic mass is 10.0. The zero-order chi connectivity index (χ0) is 17.3. The number of ketones is 1. The zero-order valence-corrected chi connectivity index (χ0v) is 14.6. The summed E-state index contributed by atoms with van der Waals surface area (Å²) in [6.45, 7) is 1.74. The molecule has 0 saturated heterocycles. The van der Waals surface area contributed by atoms with E-state index in [1.165, 1.54) is 17.4 Å². The van der Waals surface area contributed by atoms with Gasteiger partial charge >= 0.3 is 0 Å². The van der Waals surface area contributed by atoms with Crippen molar-refractivity contribution in [3.63, 3.8) is 0 Å². The number of aryl methyl sites for hydroxylation is 1. The predicted molar refractivity (Wildman–Crippen MR) is 98.6 cm³/mol. The average molecular weight is 360 g/mol. The van der Waals surface area contributed by atoms with Gasteiger partial charge in [0.2, 0.25) is 0 Å². The molecule has 0 atom stereocenters. The number of halogens is 1. The highest BCUT2D eigenvalue weighted by molar-refractivity contribution is 7.17. The van der Waals surface area contributed by atoms with Crippen LogP contribution >= 0.6 is 22.9 Å². The second-order valence-electron chi connectivity index (χ2n) is 5.21. The number of carbonyl (C=O) groups is 1. The van der Waals surface area contributed by atoms with Crippen LogP contribution in [0.15, 0.2) is 40.5 Å². The van der Waals surface area contributed by atoms with Gasteiger partial charge in [0.1, 0.15) is 10.6 Å². The topological polar surface area (TPSA) is 59.2 Å². The molecule has 24 heavy (non-hydrogen) atoms. The zero-order valence-electron chi connectivity index (χ0n) is 13.1. The Bertz CT molecular complexity index is 1000. The molecular weight excluding hydrogens is 346 g/mol. The second-order valence-corrected chi connectivity index (χ2v) is 6.50. The number of aromatic nitrogens is 1. The molecule has 6 heteroatoms. The summed E-state index contributed by atoms with van der Waals surface area (Å²) in [6.07, 6.45) is 3.06. The monoisotopic (exact) mass is 359 g/mol. The fraction of sp³-hybridized carbons (Fsp3) is 0.111. The molecule has 0 fully saturated rings. The van der Waals surface area contributed by atoms with Gasteiger partial charge in [-0.1, -0.05) is 29.8 Å². The number of nitrogens with one attached hydrogen (secondary N) is 1. The van der Waals surface area contributed by atoms with E-state index in [0.29, 0.717) is 15.4 Å². The first-order valence-corrected chi connectivity index (χ1v) is 8.43. The fourth-order valence-corrected chi connectivity index (χ4v) is 3.80. The van der Waals surface area contributed by atoms with Crippen molar-refractivity contribution in [1.29, 1.82) is 0 Å². The number of ether oxygens (including phenoxy) is 1. The molecule has 3 rings (SSSR count). The average Bonchev–Trinajstić information content (AvgIpc) is 2.94. The van der Waals surface area contributed by atoms with Gasteiger partial charge in [0, 0.05) is 10.8 Å². The SMILES string of the molecule is COc1ccc(C=CC(=O)c2c(C)c3c(Cl)csc3[nH]c2=O)cc1. The maximum absolute atomic E-state index is 12.5. The number of allylic oxidation sites excluding steroid dienone is 1. The minimum atomic E-state index is -0.400. The van der Waals surface area contributed by atoms with Crippen LogP contribution in [0.4, 0.5) is 0 Å².